The van der Waals surface area contributed by atoms with Crippen LogP contribution in [0.4, 0.5) is 11.4 Å². The number of aliphatic hydroxyl groups is 1. The molecule has 3 aromatic rings. The van der Waals surface area contributed by atoms with Crippen molar-refractivity contribution in [1.29, 1.82) is 0 Å². The Labute approximate surface area is 322 Å². The van der Waals surface area contributed by atoms with Gasteiger partial charge in [0.25, 0.3) is 5.91 Å². The summed E-state index contributed by atoms with van der Waals surface area (Å²) in [4.78, 5) is 65.4. The maximum absolute atomic E-state index is 15.2. The number of cyclic esters (lactones) is 1. The maximum Gasteiger partial charge on any atom is 0.313 e. The molecule has 4 heterocycles. The molecule has 0 aliphatic carbocycles. The van der Waals surface area contributed by atoms with Crippen LogP contribution >= 0.6 is 0 Å². The molecule has 0 unspecified atom stereocenters. The number of esters is 1. The number of rotatable bonds is 8. The van der Waals surface area contributed by atoms with Crippen LogP contribution in [0.15, 0.2) is 109 Å². The first-order valence-corrected chi connectivity index (χ1v) is 19.3. The molecule has 0 aromatic heterocycles. The summed E-state index contributed by atoms with van der Waals surface area (Å²) in [6, 6.07) is 23.5. The molecule has 3 aromatic carbocycles. The lowest BCUT2D eigenvalue weighted by molar-refractivity contribution is -0.164. The second-order valence-electron chi connectivity index (χ2n) is 14.7. The van der Waals surface area contributed by atoms with Crippen LogP contribution in [0.1, 0.15) is 56.9 Å². The molecule has 4 aliphatic rings. The minimum Gasteiger partial charge on any atom is -0.455 e. The molecule has 2 fully saturated rings. The fourth-order valence-electron chi connectivity index (χ4n) is 8.86. The topological polar surface area (TPSA) is 120 Å². The van der Waals surface area contributed by atoms with Crippen LogP contribution in [0.2, 0.25) is 0 Å². The van der Waals surface area contributed by atoms with Crippen molar-refractivity contribution in [1.82, 2.24) is 9.80 Å². The van der Waals surface area contributed by atoms with Crippen molar-refractivity contribution in [2.45, 2.75) is 69.5 Å². The number of anilines is 2. The number of likely N-dealkylation sites (tertiary alicyclic amines) is 1. The van der Waals surface area contributed by atoms with E-state index in [1.807, 2.05) is 97.9 Å². The zero-order valence-electron chi connectivity index (χ0n) is 31.9. The zero-order chi connectivity index (χ0) is 38.9. The first kappa shape index (κ1) is 38.0. The predicted molar refractivity (Wildman–Crippen MR) is 209 cm³/mol. The summed E-state index contributed by atoms with van der Waals surface area (Å²) >= 11 is 0. The fraction of sp³-hybridized carbons (Fsp3) is 0.409. The van der Waals surface area contributed by atoms with Crippen LogP contribution < -0.4 is 9.80 Å². The lowest BCUT2D eigenvalue weighted by Crippen LogP contribution is -2.56. The summed E-state index contributed by atoms with van der Waals surface area (Å²) in [7, 11) is 1.70. The number of hydrogen-bond donors (Lipinski definition) is 1. The van der Waals surface area contributed by atoms with Crippen LogP contribution in [-0.2, 0) is 28.7 Å². The number of nitrogens with zero attached hydrogens (tertiary/aromatic N) is 4. The fourth-order valence-corrected chi connectivity index (χ4v) is 8.86. The van der Waals surface area contributed by atoms with Crippen molar-refractivity contribution in [2.24, 2.45) is 11.8 Å². The Kier molecular flexibility index (Phi) is 11.0. The van der Waals surface area contributed by atoms with Crippen molar-refractivity contribution < 1.29 is 33.8 Å². The average molecular weight is 747 g/mol. The van der Waals surface area contributed by atoms with E-state index in [2.05, 4.69) is 18.7 Å². The van der Waals surface area contributed by atoms with Gasteiger partial charge in [-0.3, -0.25) is 19.2 Å². The van der Waals surface area contributed by atoms with Gasteiger partial charge in [-0.05, 0) is 62.6 Å². The molecule has 1 spiro atoms. The number of allylic oxidation sites excluding steroid dienone is 1. The molecule has 7 rings (SSSR count). The second kappa shape index (κ2) is 15.8. The molecule has 288 valence electrons. The standard InChI is InChI=1S/C44H50N4O7/c1-5-46(6-2)32-22-24-33(25-23-32)47-27-15-26-44-38(41(51)48(40(44)42(47)52)34(28-49)30-16-9-7-10-17-30)37-35(55-44)20-13-14-21-36(50)45(4)29(3)39(54-43(37)53)31-18-11-8-12-19-31/h7-13,15-20,22-26,29,34-35,37-40,49H,5-6,14,21,27-28H2,1-4H3/b20-13-/t29-,34+,35-,37+,38+,39+,40-,44+/m0/s1. The number of carbonyl (C=O) groups excluding carboxylic acids is 4. The summed E-state index contributed by atoms with van der Waals surface area (Å²) in [5, 5.41) is 11.0. The Hall–Kier alpha value is -5.26. The molecule has 1 N–H and O–H groups in total. The first-order chi connectivity index (χ1) is 26.6. The van der Waals surface area contributed by atoms with Gasteiger partial charge in [0.15, 0.2) is 0 Å². The molecular formula is C44H50N4O7. The van der Waals surface area contributed by atoms with Gasteiger partial charge in [0.05, 0.1) is 30.7 Å². The molecule has 11 nitrogen and oxygen atoms in total. The third-order valence-electron chi connectivity index (χ3n) is 11.9. The van der Waals surface area contributed by atoms with Gasteiger partial charge in [0.1, 0.15) is 23.7 Å². The molecule has 3 amide bonds. The quantitative estimate of drug-likeness (QED) is 0.246. The summed E-state index contributed by atoms with van der Waals surface area (Å²) in [6.45, 7) is 7.43. The number of ether oxygens (including phenoxy) is 2. The minimum absolute atomic E-state index is 0.0987. The van der Waals surface area contributed by atoms with E-state index >= 15 is 9.59 Å². The Balaban J connectivity index is 1.35. The van der Waals surface area contributed by atoms with Crippen LogP contribution in [0, 0.1) is 11.8 Å². The summed E-state index contributed by atoms with van der Waals surface area (Å²) in [5.74, 6) is -3.92. The van der Waals surface area contributed by atoms with Gasteiger partial charge < -0.3 is 34.2 Å². The Morgan fingerprint density at radius 2 is 1.56 bits per heavy atom. The van der Waals surface area contributed by atoms with Gasteiger partial charge in [-0.25, -0.2) is 0 Å². The number of carbonyl (C=O) groups is 4. The summed E-state index contributed by atoms with van der Waals surface area (Å²) in [6.07, 6.45) is 5.99. The number of aliphatic hydroxyl groups excluding tert-OH is 1. The Morgan fingerprint density at radius 3 is 2.22 bits per heavy atom. The SMILES string of the molecule is CCN(CC)c1ccc(N2CC=C[C@@]34O[C@H]5/C=C\CCC(=O)N(C)[C@@H](C)[C@H](c6ccccc6)OC(=O)[C@H]5[C@@H]3C(=O)N([C@H](CO)c3ccccc3)[C@H]4C2=O)cc1. The van der Waals surface area contributed by atoms with Crippen molar-refractivity contribution >= 4 is 35.1 Å². The third-order valence-corrected chi connectivity index (χ3v) is 11.9. The largest absolute Gasteiger partial charge is 0.455 e. The molecule has 0 radical (unpaired) electrons. The lowest BCUT2D eigenvalue weighted by atomic mass is 9.77. The molecular weight excluding hydrogens is 697 g/mol. The maximum atomic E-state index is 15.2. The number of fused-ring (bicyclic) bond motifs is 2. The van der Waals surface area contributed by atoms with Gasteiger partial charge in [0.2, 0.25) is 11.8 Å². The van der Waals surface area contributed by atoms with Gasteiger partial charge in [-0.1, -0.05) is 85.0 Å². The van der Waals surface area contributed by atoms with E-state index in [1.54, 1.807) is 35.1 Å². The number of benzene rings is 3. The summed E-state index contributed by atoms with van der Waals surface area (Å²) in [5.41, 5.74) is 1.45. The lowest BCUT2D eigenvalue weighted by Gasteiger charge is -2.38. The molecule has 0 bridgehead atoms. The van der Waals surface area contributed by atoms with Gasteiger partial charge in [-0.15, -0.1) is 0 Å². The molecule has 2 saturated heterocycles. The molecule has 11 heteroatoms. The highest BCUT2D eigenvalue weighted by Crippen LogP contribution is 2.55. The first-order valence-electron chi connectivity index (χ1n) is 19.3. The normalized spacial score (nSPS) is 29.4. The van der Waals surface area contributed by atoms with Crippen molar-refractivity contribution in [3.8, 4) is 0 Å². The number of hydrogen-bond acceptors (Lipinski definition) is 8. The smallest absolute Gasteiger partial charge is 0.313 e. The Morgan fingerprint density at radius 1 is 0.891 bits per heavy atom. The van der Waals surface area contributed by atoms with E-state index in [0.717, 1.165) is 18.8 Å². The minimum atomic E-state index is -1.58. The van der Waals surface area contributed by atoms with Crippen molar-refractivity contribution in [2.75, 3.05) is 43.1 Å². The highest BCUT2D eigenvalue weighted by molar-refractivity contribution is 6.05. The van der Waals surface area contributed by atoms with E-state index < -0.39 is 66.3 Å². The number of amides is 3. The summed E-state index contributed by atoms with van der Waals surface area (Å²) < 4.78 is 13.3. The van der Waals surface area contributed by atoms with E-state index in [-0.39, 0.29) is 24.8 Å². The van der Waals surface area contributed by atoms with Crippen LogP contribution in [0.5, 0.6) is 0 Å². The highest BCUT2D eigenvalue weighted by Gasteiger charge is 2.72. The number of likely N-dealkylation sites (N-methyl/N-ethyl adjacent to an activating group) is 1. The molecule has 4 aliphatic heterocycles. The van der Waals surface area contributed by atoms with Crippen molar-refractivity contribution in [3.05, 3.63) is 120 Å². The van der Waals surface area contributed by atoms with Gasteiger partial charge in [-0.2, -0.15) is 0 Å². The molecule has 8 atom stereocenters. The molecule has 0 saturated carbocycles. The van der Waals surface area contributed by atoms with Crippen molar-refractivity contribution in [3.63, 3.8) is 0 Å². The van der Waals surface area contributed by atoms with E-state index in [9.17, 15) is 14.7 Å². The van der Waals surface area contributed by atoms with Gasteiger partial charge >= 0.3 is 5.97 Å². The monoisotopic (exact) mass is 746 g/mol. The Bertz CT molecular complexity index is 1930. The van der Waals surface area contributed by atoms with Crippen LogP contribution in [0.25, 0.3) is 0 Å². The van der Waals surface area contributed by atoms with Crippen LogP contribution in [-0.4, -0.2) is 95.7 Å². The predicted octanol–water partition coefficient (Wildman–Crippen LogP) is 5.23. The van der Waals surface area contributed by atoms with E-state index in [1.165, 1.54) is 4.90 Å². The highest BCUT2D eigenvalue weighted by atomic mass is 16.6. The van der Waals surface area contributed by atoms with E-state index in [0.29, 0.717) is 23.2 Å². The third kappa shape index (κ3) is 6.73. The zero-order valence-corrected chi connectivity index (χ0v) is 31.9. The van der Waals surface area contributed by atoms with Crippen LogP contribution in [0.3, 0.4) is 0 Å². The van der Waals surface area contributed by atoms with Gasteiger partial charge in [0, 0.05) is 44.5 Å². The average Bonchev–Trinajstić information content (AvgIpc) is 3.60. The second-order valence-corrected chi connectivity index (χ2v) is 14.7. The molecule has 55 heavy (non-hydrogen) atoms. The van der Waals surface area contributed by atoms with E-state index in [4.69, 9.17) is 9.47 Å².